The number of ketones is 1. The fourth-order valence-corrected chi connectivity index (χ4v) is 3.47. The number of Topliss-reactive ketones (excluding diaryl/α,β-unsaturated/α-hetero) is 1. The highest BCUT2D eigenvalue weighted by molar-refractivity contribution is 5.99. The molecule has 0 aliphatic heterocycles. The van der Waals surface area contributed by atoms with Crippen LogP contribution in [0.4, 0.5) is 4.39 Å². The average molecular weight is 416 g/mol. The zero-order valence-corrected chi connectivity index (χ0v) is 20.4. The Kier molecular flexibility index (Phi) is 13.9. The third-order valence-corrected chi connectivity index (χ3v) is 4.99. The molecule has 1 fully saturated rings. The van der Waals surface area contributed by atoms with E-state index in [2.05, 4.69) is 18.5 Å². The molecule has 1 saturated carbocycles. The third kappa shape index (κ3) is 10.1. The molecule has 0 amide bonds. The molecule has 2 nitrogen and oxygen atoms in total. The van der Waals surface area contributed by atoms with E-state index in [4.69, 9.17) is 0 Å². The molecule has 0 aromatic heterocycles. The van der Waals surface area contributed by atoms with E-state index in [-0.39, 0.29) is 17.5 Å². The molecule has 2 aliphatic carbocycles. The van der Waals surface area contributed by atoms with Crippen LogP contribution in [0.25, 0.3) is 0 Å². The van der Waals surface area contributed by atoms with E-state index in [0.717, 1.165) is 22.9 Å². The van der Waals surface area contributed by atoms with Crippen molar-refractivity contribution in [2.45, 2.75) is 87.5 Å². The van der Waals surface area contributed by atoms with Crippen LogP contribution in [0.15, 0.2) is 64.1 Å². The fraction of sp³-hybridized carbons (Fsp3) is 0.556. The Morgan fingerprint density at radius 1 is 1.07 bits per heavy atom. The molecule has 0 N–H and O–H groups in total. The first-order chi connectivity index (χ1) is 14.1. The van der Waals surface area contributed by atoms with E-state index in [1.165, 1.54) is 45.1 Å². The van der Waals surface area contributed by atoms with E-state index >= 15 is 0 Å². The summed E-state index contributed by atoms with van der Waals surface area (Å²) < 4.78 is 13.9. The zero-order valence-electron chi connectivity index (χ0n) is 20.4. The summed E-state index contributed by atoms with van der Waals surface area (Å²) in [7, 11) is 0. The molecule has 0 bridgehead atoms. The van der Waals surface area contributed by atoms with Crippen molar-refractivity contribution >= 4 is 11.5 Å². The quantitative estimate of drug-likeness (QED) is 0.251. The maximum atomic E-state index is 13.9. The maximum absolute atomic E-state index is 13.9. The Morgan fingerprint density at radius 3 is 1.97 bits per heavy atom. The summed E-state index contributed by atoms with van der Waals surface area (Å²) in [5.74, 6) is 0.508. The number of hydrogen-bond acceptors (Lipinski definition) is 2. The summed E-state index contributed by atoms with van der Waals surface area (Å²) in [6.07, 6.45) is 14.0. The first kappa shape index (κ1) is 28.0. The van der Waals surface area contributed by atoms with Gasteiger partial charge in [-0.05, 0) is 57.3 Å². The summed E-state index contributed by atoms with van der Waals surface area (Å²) in [6.45, 7) is 19.1. The lowest BCUT2D eigenvalue weighted by Gasteiger charge is -2.15. The highest BCUT2D eigenvalue weighted by Crippen LogP contribution is 2.31. The predicted octanol–water partition coefficient (Wildman–Crippen LogP) is 8.48. The normalized spacial score (nSPS) is 19.8. The van der Waals surface area contributed by atoms with Gasteiger partial charge in [0.15, 0.2) is 5.78 Å². The van der Waals surface area contributed by atoms with Crippen molar-refractivity contribution in [3.05, 3.63) is 59.1 Å². The first-order valence-electron chi connectivity index (χ1n) is 11.3. The lowest BCUT2D eigenvalue weighted by Crippen LogP contribution is -2.01. The van der Waals surface area contributed by atoms with Crippen LogP contribution in [0.3, 0.4) is 0 Å². The molecule has 2 aliphatic rings. The summed E-state index contributed by atoms with van der Waals surface area (Å²) >= 11 is 0. The molecule has 3 heteroatoms. The van der Waals surface area contributed by atoms with Crippen molar-refractivity contribution in [3.63, 3.8) is 0 Å². The molecule has 1 unspecified atom stereocenters. The second kappa shape index (κ2) is 14.9. The van der Waals surface area contributed by atoms with Crippen LogP contribution in [0.5, 0.6) is 0 Å². The van der Waals surface area contributed by atoms with Gasteiger partial charge in [-0.2, -0.15) is 0 Å². The Labute approximate surface area is 184 Å². The summed E-state index contributed by atoms with van der Waals surface area (Å²) in [6, 6.07) is 0. The second-order valence-corrected chi connectivity index (χ2v) is 8.12. The number of carbonyl (C=O) groups excluding carboxylic acids is 1. The van der Waals surface area contributed by atoms with Crippen LogP contribution in [-0.2, 0) is 4.79 Å². The Balaban J connectivity index is 0.000000775. The van der Waals surface area contributed by atoms with Crippen LogP contribution in [0.1, 0.15) is 87.5 Å². The smallest absolute Gasteiger partial charge is 0.160 e. The van der Waals surface area contributed by atoms with Crippen molar-refractivity contribution in [1.29, 1.82) is 0 Å². The van der Waals surface area contributed by atoms with Gasteiger partial charge in [-0.1, -0.05) is 78.5 Å². The van der Waals surface area contributed by atoms with Crippen LogP contribution < -0.4 is 0 Å². The van der Waals surface area contributed by atoms with Crippen LogP contribution in [-0.4, -0.2) is 11.5 Å². The molecular weight excluding hydrogens is 373 g/mol. The second-order valence-electron chi connectivity index (χ2n) is 8.12. The van der Waals surface area contributed by atoms with E-state index in [0.29, 0.717) is 11.1 Å². The van der Waals surface area contributed by atoms with Gasteiger partial charge in [-0.25, -0.2) is 4.39 Å². The lowest BCUT2D eigenvalue weighted by atomic mass is 9.91. The molecule has 2 rings (SSSR count). The van der Waals surface area contributed by atoms with Crippen LogP contribution in [0, 0.1) is 11.8 Å². The van der Waals surface area contributed by atoms with Crippen molar-refractivity contribution < 1.29 is 9.18 Å². The molecule has 0 aromatic carbocycles. The highest BCUT2D eigenvalue weighted by Gasteiger charge is 2.21. The number of rotatable bonds is 5. The molecule has 30 heavy (non-hydrogen) atoms. The summed E-state index contributed by atoms with van der Waals surface area (Å²) in [5.41, 5.74) is 3.09. The van der Waals surface area contributed by atoms with Gasteiger partial charge >= 0.3 is 0 Å². The molecule has 168 valence electrons. The predicted molar refractivity (Wildman–Crippen MR) is 130 cm³/mol. The summed E-state index contributed by atoms with van der Waals surface area (Å²) in [5, 5.41) is 0. The number of nitrogens with zero attached hydrogens (tertiary/aromatic N) is 1. The highest BCUT2D eigenvalue weighted by atomic mass is 19.1. The number of halogens is 1. The van der Waals surface area contributed by atoms with Gasteiger partial charge in [0.25, 0.3) is 0 Å². The van der Waals surface area contributed by atoms with Gasteiger partial charge in [0.2, 0.25) is 0 Å². The van der Waals surface area contributed by atoms with E-state index in [1.54, 1.807) is 18.2 Å². The van der Waals surface area contributed by atoms with E-state index in [1.807, 2.05) is 41.5 Å². The largest absolute Gasteiger partial charge is 0.294 e. The molecule has 0 aromatic rings. The molecular formula is C27H42FNO. The van der Waals surface area contributed by atoms with Gasteiger partial charge in [-0.15, -0.1) is 0 Å². The minimum atomic E-state index is -0.347. The molecule has 0 saturated heterocycles. The zero-order chi connectivity index (χ0) is 23.3. The summed E-state index contributed by atoms with van der Waals surface area (Å²) in [4.78, 5) is 16.2. The average Bonchev–Trinajstić information content (AvgIpc) is 3.02. The fourth-order valence-electron chi connectivity index (χ4n) is 3.47. The number of aliphatic imine (C=N–C) groups is 1. The van der Waals surface area contributed by atoms with Crippen LogP contribution in [0.2, 0.25) is 0 Å². The Morgan fingerprint density at radius 2 is 1.63 bits per heavy atom. The van der Waals surface area contributed by atoms with Crippen molar-refractivity contribution in [1.82, 2.24) is 0 Å². The molecule has 1 atom stereocenters. The molecule has 0 spiro atoms. The molecule has 0 heterocycles. The minimum absolute atomic E-state index is 0.00378. The van der Waals surface area contributed by atoms with Gasteiger partial charge in [-0.3, -0.25) is 9.79 Å². The topological polar surface area (TPSA) is 29.4 Å². The number of hydrogen-bond donors (Lipinski definition) is 0. The standard InChI is InChI=1S/C18H22FNO.C7H14.C2H6/c1-7-15(13(5)20-11(2)3)10-16(14(6)21)17-8-12(4)9-18(17)19;1-7-5-3-2-4-6-7;1-2/h7-10,12H,1H2,2-6H3;7H,2-6H2,1H3;1-2H3/b15-13+,16-10+;;. The lowest BCUT2D eigenvalue weighted by molar-refractivity contribution is -0.113. The van der Waals surface area contributed by atoms with Crippen LogP contribution >= 0.6 is 0 Å². The van der Waals surface area contributed by atoms with Gasteiger partial charge in [0.1, 0.15) is 5.83 Å². The maximum Gasteiger partial charge on any atom is 0.160 e. The Hall–Kier alpha value is -2.03. The van der Waals surface area contributed by atoms with Crippen molar-refractivity contribution in [3.8, 4) is 0 Å². The SMILES string of the molecule is C=CC(/C=C(\C(C)=O)C1=CC(C)C=C1F)=C(/C)N=C(C)C.CC.CC1CCCCC1. The first-order valence-corrected chi connectivity index (χ1v) is 11.3. The number of allylic oxidation sites excluding steroid dienone is 9. The van der Waals surface area contributed by atoms with E-state index in [9.17, 15) is 9.18 Å². The monoisotopic (exact) mass is 415 g/mol. The van der Waals surface area contributed by atoms with Crippen molar-refractivity contribution in [2.75, 3.05) is 0 Å². The van der Waals surface area contributed by atoms with Crippen molar-refractivity contribution in [2.24, 2.45) is 16.8 Å². The third-order valence-electron chi connectivity index (χ3n) is 4.99. The molecule has 0 radical (unpaired) electrons. The van der Waals surface area contributed by atoms with E-state index < -0.39 is 0 Å². The van der Waals surface area contributed by atoms with Gasteiger partial charge in [0, 0.05) is 22.6 Å². The van der Waals surface area contributed by atoms with Gasteiger partial charge < -0.3 is 0 Å². The van der Waals surface area contributed by atoms with Gasteiger partial charge in [0.05, 0.1) is 0 Å². The minimum Gasteiger partial charge on any atom is -0.294 e. The number of carbonyl (C=O) groups is 1. The Bertz CT molecular complexity index is 724.